The lowest BCUT2D eigenvalue weighted by molar-refractivity contribution is -0.384. The van der Waals surface area contributed by atoms with E-state index >= 15 is 0 Å². The van der Waals surface area contributed by atoms with Crippen LogP contribution in [-0.4, -0.2) is 32.9 Å². The molecule has 0 fully saturated rings. The van der Waals surface area contributed by atoms with Crippen molar-refractivity contribution >= 4 is 27.4 Å². The van der Waals surface area contributed by atoms with Crippen LogP contribution in [-0.2, 0) is 26.2 Å². The molecule has 2 rings (SSSR count). The van der Waals surface area contributed by atoms with Crippen LogP contribution in [0, 0.1) is 27.3 Å². The number of nitriles is 1. The molecule has 2 aromatic carbocycles. The van der Waals surface area contributed by atoms with E-state index in [2.05, 4.69) is 5.32 Å². The SMILES string of the molecule is CNc1ccc(S(=O)(=O)NCC(=O)OCc2cc(C#N)ccc2F)cc1[N+](=O)[O-]. The van der Waals surface area contributed by atoms with Crippen LogP contribution < -0.4 is 10.0 Å². The molecule has 0 heterocycles. The fourth-order valence-corrected chi connectivity index (χ4v) is 3.23. The fraction of sp³-hybridized carbons (Fsp3) is 0.176. The Kier molecular flexibility index (Phi) is 6.81. The second kappa shape index (κ2) is 9.09. The number of sulfonamides is 1. The summed E-state index contributed by atoms with van der Waals surface area (Å²) in [4.78, 5) is 21.7. The van der Waals surface area contributed by atoms with Crippen LogP contribution in [0.5, 0.6) is 0 Å². The van der Waals surface area contributed by atoms with E-state index in [0.29, 0.717) is 0 Å². The largest absolute Gasteiger partial charge is 0.460 e. The number of nitrogens with one attached hydrogen (secondary N) is 2. The number of carbonyl (C=O) groups excluding carboxylic acids is 1. The third kappa shape index (κ3) is 5.47. The molecule has 2 aromatic rings. The number of rotatable bonds is 8. The molecule has 12 heteroatoms. The molecule has 29 heavy (non-hydrogen) atoms. The predicted molar refractivity (Wildman–Crippen MR) is 98.7 cm³/mol. The van der Waals surface area contributed by atoms with Crippen LogP contribution in [0.1, 0.15) is 11.1 Å². The summed E-state index contributed by atoms with van der Waals surface area (Å²) in [7, 11) is -2.79. The molecular formula is C17H15FN4O6S. The maximum Gasteiger partial charge on any atom is 0.321 e. The maximum atomic E-state index is 13.6. The number of nitrogens with zero attached hydrogens (tertiary/aromatic N) is 2. The van der Waals surface area contributed by atoms with E-state index in [1.807, 2.05) is 10.8 Å². The first kappa shape index (κ1) is 21.7. The quantitative estimate of drug-likeness (QED) is 0.370. The van der Waals surface area contributed by atoms with E-state index in [9.17, 15) is 27.7 Å². The molecule has 0 radical (unpaired) electrons. The molecule has 0 atom stereocenters. The molecule has 0 spiro atoms. The average Bonchev–Trinajstić information content (AvgIpc) is 2.71. The van der Waals surface area contributed by atoms with Gasteiger partial charge in [0, 0.05) is 18.7 Å². The van der Waals surface area contributed by atoms with Gasteiger partial charge >= 0.3 is 5.97 Å². The van der Waals surface area contributed by atoms with Crippen molar-refractivity contribution in [1.82, 2.24) is 4.72 Å². The highest BCUT2D eigenvalue weighted by atomic mass is 32.2. The molecule has 0 aromatic heterocycles. The van der Waals surface area contributed by atoms with Crippen molar-refractivity contribution in [2.75, 3.05) is 18.9 Å². The first-order valence-corrected chi connectivity index (χ1v) is 9.46. The zero-order chi connectivity index (χ0) is 21.6. The van der Waals surface area contributed by atoms with Crippen LogP contribution in [0.15, 0.2) is 41.3 Å². The highest BCUT2D eigenvalue weighted by Gasteiger charge is 2.22. The average molecular weight is 422 g/mol. The van der Waals surface area contributed by atoms with Gasteiger partial charge in [0.25, 0.3) is 5.69 Å². The van der Waals surface area contributed by atoms with Crippen molar-refractivity contribution in [2.24, 2.45) is 0 Å². The van der Waals surface area contributed by atoms with Gasteiger partial charge < -0.3 is 10.1 Å². The molecule has 0 amide bonds. The van der Waals surface area contributed by atoms with E-state index in [-0.39, 0.29) is 16.8 Å². The Morgan fingerprint density at radius 1 is 1.31 bits per heavy atom. The van der Waals surface area contributed by atoms with Crippen molar-refractivity contribution in [1.29, 1.82) is 5.26 Å². The number of halogens is 1. The number of hydrogen-bond acceptors (Lipinski definition) is 8. The summed E-state index contributed by atoms with van der Waals surface area (Å²) in [6, 6.07) is 8.53. The van der Waals surface area contributed by atoms with Crippen LogP contribution in [0.3, 0.4) is 0 Å². The Balaban J connectivity index is 2.03. The Morgan fingerprint density at radius 2 is 2.03 bits per heavy atom. The van der Waals surface area contributed by atoms with Crippen molar-refractivity contribution in [3.63, 3.8) is 0 Å². The molecule has 0 aliphatic rings. The number of nitro benzene ring substituents is 1. The van der Waals surface area contributed by atoms with Gasteiger partial charge in [-0.2, -0.15) is 9.98 Å². The van der Waals surface area contributed by atoms with Gasteiger partial charge in [0.1, 0.15) is 24.7 Å². The maximum absolute atomic E-state index is 13.6. The van der Waals surface area contributed by atoms with E-state index in [1.165, 1.54) is 25.2 Å². The minimum absolute atomic E-state index is 0.0430. The van der Waals surface area contributed by atoms with E-state index in [0.717, 1.165) is 18.2 Å². The third-order valence-electron chi connectivity index (χ3n) is 3.72. The fourth-order valence-electron chi connectivity index (χ4n) is 2.24. The van der Waals surface area contributed by atoms with Crippen LogP contribution >= 0.6 is 0 Å². The van der Waals surface area contributed by atoms with Gasteiger partial charge in [-0.05, 0) is 30.3 Å². The lowest BCUT2D eigenvalue weighted by Gasteiger charge is -2.09. The number of hydrogen-bond donors (Lipinski definition) is 2. The monoisotopic (exact) mass is 422 g/mol. The summed E-state index contributed by atoms with van der Waals surface area (Å²) in [5.74, 6) is -1.69. The zero-order valence-electron chi connectivity index (χ0n) is 15.0. The van der Waals surface area contributed by atoms with Crippen molar-refractivity contribution in [2.45, 2.75) is 11.5 Å². The number of esters is 1. The van der Waals surface area contributed by atoms with Gasteiger partial charge in [-0.15, -0.1) is 0 Å². The van der Waals surface area contributed by atoms with Gasteiger partial charge in [0.15, 0.2) is 0 Å². The molecule has 0 aliphatic heterocycles. The number of carbonyl (C=O) groups is 1. The molecule has 0 saturated heterocycles. The van der Waals surface area contributed by atoms with Gasteiger partial charge in [-0.25, -0.2) is 12.8 Å². The van der Waals surface area contributed by atoms with Gasteiger partial charge in [0.05, 0.1) is 21.5 Å². The molecular weight excluding hydrogens is 407 g/mol. The number of ether oxygens (including phenoxy) is 1. The Bertz CT molecular complexity index is 1100. The highest BCUT2D eigenvalue weighted by Crippen LogP contribution is 2.26. The van der Waals surface area contributed by atoms with Crippen LogP contribution in [0.25, 0.3) is 0 Å². The highest BCUT2D eigenvalue weighted by molar-refractivity contribution is 7.89. The van der Waals surface area contributed by atoms with Crippen molar-refractivity contribution in [3.05, 3.63) is 63.5 Å². The van der Waals surface area contributed by atoms with Crippen LogP contribution in [0.4, 0.5) is 15.8 Å². The van der Waals surface area contributed by atoms with Gasteiger partial charge in [-0.3, -0.25) is 14.9 Å². The molecule has 152 valence electrons. The van der Waals surface area contributed by atoms with Crippen molar-refractivity contribution < 1.29 is 27.3 Å². The lowest BCUT2D eigenvalue weighted by atomic mass is 10.1. The number of nitro groups is 1. The summed E-state index contributed by atoms with van der Waals surface area (Å²) in [5.41, 5.74) is -0.205. The zero-order valence-corrected chi connectivity index (χ0v) is 15.8. The Hall–Kier alpha value is -3.56. The molecule has 2 N–H and O–H groups in total. The minimum atomic E-state index is -4.24. The molecule has 0 saturated carbocycles. The lowest BCUT2D eigenvalue weighted by Crippen LogP contribution is -2.30. The van der Waals surface area contributed by atoms with Crippen LogP contribution in [0.2, 0.25) is 0 Å². The molecule has 0 aliphatic carbocycles. The summed E-state index contributed by atoms with van der Waals surface area (Å²) < 4.78 is 44.9. The Morgan fingerprint density at radius 3 is 2.66 bits per heavy atom. The summed E-state index contributed by atoms with van der Waals surface area (Å²) in [6.07, 6.45) is 0. The number of anilines is 1. The Labute approximate surface area is 165 Å². The second-order valence-electron chi connectivity index (χ2n) is 5.59. The predicted octanol–water partition coefficient (Wildman–Crippen LogP) is 1.67. The van der Waals surface area contributed by atoms with Gasteiger partial charge in [-0.1, -0.05) is 0 Å². The second-order valence-corrected chi connectivity index (χ2v) is 7.36. The summed E-state index contributed by atoms with van der Waals surface area (Å²) in [6.45, 7) is -1.27. The normalized spacial score (nSPS) is 10.8. The van der Waals surface area contributed by atoms with Gasteiger partial charge in [0.2, 0.25) is 10.0 Å². The van der Waals surface area contributed by atoms with E-state index < -0.39 is 50.5 Å². The van der Waals surface area contributed by atoms with E-state index in [1.54, 1.807) is 0 Å². The summed E-state index contributed by atoms with van der Waals surface area (Å²) in [5, 5.41) is 22.4. The minimum Gasteiger partial charge on any atom is -0.460 e. The topological polar surface area (TPSA) is 151 Å². The molecule has 0 unspecified atom stereocenters. The first-order chi connectivity index (χ1) is 13.7. The molecule has 0 bridgehead atoms. The van der Waals surface area contributed by atoms with E-state index in [4.69, 9.17) is 10.00 Å². The summed E-state index contributed by atoms with van der Waals surface area (Å²) >= 11 is 0. The van der Waals surface area contributed by atoms with Crippen molar-refractivity contribution in [3.8, 4) is 6.07 Å². The third-order valence-corrected chi connectivity index (χ3v) is 5.11. The number of benzene rings is 2. The standard InChI is InChI=1S/C17H15FN4O6S/c1-20-15-5-3-13(7-16(15)22(24)25)29(26,27)21-9-17(23)28-10-12-6-11(8-19)2-4-14(12)18/h2-7,20-21H,9-10H2,1H3. The smallest absolute Gasteiger partial charge is 0.321 e. The molecule has 10 nitrogen and oxygen atoms in total. The first-order valence-electron chi connectivity index (χ1n) is 7.98.